The molecule has 2 aliphatic heterocycles. The molecule has 2 heterocycles. The second-order valence-electron chi connectivity index (χ2n) is 7.62. The lowest BCUT2D eigenvalue weighted by atomic mass is 10.1. The van der Waals surface area contributed by atoms with Gasteiger partial charge < -0.3 is 24.8 Å². The highest BCUT2D eigenvalue weighted by Crippen LogP contribution is 2.12. The van der Waals surface area contributed by atoms with Crippen molar-refractivity contribution in [3.05, 3.63) is 35.4 Å². The fraction of sp³-hybridized carbons (Fsp3) is 0.600. The van der Waals surface area contributed by atoms with Crippen LogP contribution in [0, 0.1) is 12.8 Å². The average Bonchev–Trinajstić information content (AvgIpc) is 2.85. The Morgan fingerprint density at radius 1 is 1.30 bits per heavy atom. The number of urea groups is 1. The van der Waals surface area contributed by atoms with Gasteiger partial charge in [-0.3, -0.25) is 4.79 Å². The maximum atomic E-state index is 12.5. The summed E-state index contributed by atoms with van der Waals surface area (Å²) in [6.45, 7) is 7.70. The Balaban J connectivity index is 1.45. The Hall–Kier alpha value is -2.12. The minimum absolute atomic E-state index is 0.00422. The van der Waals surface area contributed by atoms with Crippen molar-refractivity contribution in [3.8, 4) is 0 Å². The standard InChI is InChI=1S/C20H30N4O3/c1-16-4-3-5-17(10-16)13-23-6-7-24(14-19(23)25)20(26)21-11-18-12-22(2)8-9-27-15-18/h3-5,10,18H,6-9,11-15H2,1-2H3,(H,21,26)/t18-/m0/s1. The molecule has 7 heteroatoms. The van der Waals surface area contributed by atoms with Gasteiger partial charge in [-0.2, -0.15) is 0 Å². The van der Waals surface area contributed by atoms with Crippen molar-refractivity contribution in [3.63, 3.8) is 0 Å². The Bertz CT molecular complexity index is 666. The zero-order chi connectivity index (χ0) is 19.2. The van der Waals surface area contributed by atoms with Crippen molar-refractivity contribution in [2.75, 3.05) is 59.5 Å². The summed E-state index contributed by atoms with van der Waals surface area (Å²) < 4.78 is 5.58. The van der Waals surface area contributed by atoms with Gasteiger partial charge in [0.05, 0.1) is 13.2 Å². The number of aryl methyl sites for hydroxylation is 1. The number of nitrogens with zero attached hydrogens (tertiary/aromatic N) is 3. The monoisotopic (exact) mass is 374 g/mol. The third-order valence-electron chi connectivity index (χ3n) is 5.14. The van der Waals surface area contributed by atoms with Gasteiger partial charge in [-0.05, 0) is 19.5 Å². The number of ether oxygens (including phenoxy) is 1. The van der Waals surface area contributed by atoms with Gasteiger partial charge in [0.2, 0.25) is 5.91 Å². The zero-order valence-corrected chi connectivity index (χ0v) is 16.3. The van der Waals surface area contributed by atoms with Gasteiger partial charge in [-0.25, -0.2) is 4.79 Å². The van der Waals surface area contributed by atoms with Crippen LogP contribution < -0.4 is 5.32 Å². The first kappa shape index (κ1) is 19.6. The molecule has 2 saturated heterocycles. The Labute approximate surface area is 161 Å². The van der Waals surface area contributed by atoms with E-state index in [0.717, 1.165) is 25.3 Å². The van der Waals surface area contributed by atoms with Crippen LogP contribution in [0.3, 0.4) is 0 Å². The SMILES string of the molecule is Cc1cccc(CN2CCN(C(=O)NC[C@@H]3COCCN(C)C3)CC2=O)c1. The van der Waals surface area contributed by atoms with Crippen molar-refractivity contribution in [1.82, 2.24) is 20.0 Å². The molecule has 0 aliphatic carbocycles. The Kier molecular flexibility index (Phi) is 6.68. The highest BCUT2D eigenvalue weighted by Gasteiger charge is 2.27. The van der Waals surface area contributed by atoms with Crippen LogP contribution in [0.1, 0.15) is 11.1 Å². The van der Waals surface area contributed by atoms with Gasteiger partial charge in [0, 0.05) is 45.2 Å². The summed E-state index contributed by atoms with van der Waals surface area (Å²) >= 11 is 0. The molecule has 0 unspecified atom stereocenters. The van der Waals surface area contributed by atoms with E-state index in [9.17, 15) is 9.59 Å². The van der Waals surface area contributed by atoms with E-state index in [1.54, 1.807) is 4.90 Å². The molecule has 0 spiro atoms. The molecule has 2 fully saturated rings. The fourth-order valence-corrected chi connectivity index (χ4v) is 3.60. The number of amides is 3. The van der Waals surface area contributed by atoms with Gasteiger partial charge in [-0.1, -0.05) is 29.8 Å². The third-order valence-corrected chi connectivity index (χ3v) is 5.14. The molecule has 1 aromatic carbocycles. The van der Waals surface area contributed by atoms with E-state index < -0.39 is 0 Å². The second-order valence-corrected chi connectivity index (χ2v) is 7.62. The van der Waals surface area contributed by atoms with Gasteiger partial charge in [0.1, 0.15) is 6.54 Å². The molecule has 3 amide bonds. The number of rotatable bonds is 4. The van der Waals surface area contributed by atoms with Crippen molar-refractivity contribution >= 4 is 11.9 Å². The molecule has 7 nitrogen and oxygen atoms in total. The largest absolute Gasteiger partial charge is 0.380 e. The van der Waals surface area contributed by atoms with Crippen molar-refractivity contribution in [2.45, 2.75) is 13.5 Å². The second kappa shape index (κ2) is 9.19. The quantitative estimate of drug-likeness (QED) is 0.852. The fourth-order valence-electron chi connectivity index (χ4n) is 3.60. The smallest absolute Gasteiger partial charge is 0.317 e. The first-order valence-corrected chi connectivity index (χ1v) is 9.63. The molecule has 0 radical (unpaired) electrons. The van der Waals surface area contributed by atoms with Crippen LogP contribution in [0.4, 0.5) is 4.79 Å². The molecule has 0 aromatic heterocycles. The third kappa shape index (κ3) is 5.68. The first-order valence-electron chi connectivity index (χ1n) is 9.63. The molecule has 1 N–H and O–H groups in total. The molecule has 0 bridgehead atoms. The van der Waals surface area contributed by atoms with Crippen LogP contribution in [0.5, 0.6) is 0 Å². The lowest BCUT2D eigenvalue weighted by molar-refractivity contribution is -0.135. The van der Waals surface area contributed by atoms with E-state index in [2.05, 4.69) is 23.3 Å². The van der Waals surface area contributed by atoms with Gasteiger partial charge in [0.15, 0.2) is 0 Å². The van der Waals surface area contributed by atoms with Gasteiger partial charge in [0.25, 0.3) is 0 Å². The summed E-state index contributed by atoms with van der Waals surface area (Å²) in [7, 11) is 2.07. The van der Waals surface area contributed by atoms with E-state index >= 15 is 0 Å². The molecule has 148 valence electrons. The highest BCUT2D eigenvalue weighted by atomic mass is 16.5. The van der Waals surface area contributed by atoms with Crippen LogP contribution in [0.15, 0.2) is 24.3 Å². The van der Waals surface area contributed by atoms with E-state index in [-0.39, 0.29) is 24.4 Å². The molecule has 27 heavy (non-hydrogen) atoms. The number of hydrogen-bond acceptors (Lipinski definition) is 4. The van der Waals surface area contributed by atoms with Crippen molar-refractivity contribution < 1.29 is 14.3 Å². The lowest BCUT2D eigenvalue weighted by Crippen LogP contribution is -2.55. The first-order chi connectivity index (χ1) is 13.0. The van der Waals surface area contributed by atoms with Gasteiger partial charge >= 0.3 is 6.03 Å². The minimum Gasteiger partial charge on any atom is -0.380 e. The van der Waals surface area contributed by atoms with Crippen LogP contribution in [0.2, 0.25) is 0 Å². The highest BCUT2D eigenvalue weighted by molar-refractivity contribution is 5.85. The summed E-state index contributed by atoms with van der Waals surface area (Å²) in [4.78, 5) is 30.6. The minimum atomic E-state index is -0.162. The van der Waals surface area contributed by atoms with Crippen LogP contribution in [-0.4, -0.2) is 86.2 Å². The number of carbonyl (C=O) groups excluding carboxylic acids is 2. The zero-order valence-electron chi connectivity index (χ0n) is 16.3. The van der Waals surface area contributed by atoms with E-state index in [1.807, 2.05) is 30.0 Å². The Morgan fingerprint density at radius 2 is 2.15 bits per heavy atom. The number of carbonyl (C=O) groups is 2. The predicted molar refractivity (Wildman–Crippen MR) is 103 cm³/mol. The molecule has 3 rings (SSSR count). The number of hydrogen-bond donors (Lipinski definition) is 1. The summed E-state index contributed by atoms with van der Waals surface area (Å²) in [6.07, 6.45) is 0. The molecule has 2 aliphatic rings. The van der Waals surface area contributed by atoms with E-state index in [0.29, 0.717) is 32.8 Å². The molecule has 1 atom stereocenters. The van der Waals surface area contributed by atoms with Crippen molar-refractivity contribution in [2.24, 2.45) is 5.92 Å². The summed E-state index contributed by atoms with van der Waals surface area (Å²) in [5, 5.41) is 2.97. The van der Waals surface area contributed by atoms with Crippen molar-refractivity contribution in [1.29, 1.82) is 0 Å². The van der Waals surface area contributed by atoms with E-state index in [1.165, 1.54) is 5.56 Å². The number of piperazine rings is 1. The normalized spacial score (nSPS) is 21.9. The summed E-state index contributed by atoms with van der Waals surface area (Å²) in [6, 6.07) is 8.02. The van der Waals surface area contributed by atoms with Crippen LogP contribution in [-0.2, 0) is 16.1 Å². The molecular weight excluding hydrogens is 344 g/mol. The summed E-state index contributed by atoms with van der Waals surface area (Å²) in [5.41, 5.74) is 2.31. The average molecular weight is 374 g/mol. The number of benzene rings is 1. The van der Waals surface area contributed by atoms with E-state index in [4.69, 9.17) is 4.74 Å². The Morgan fingerprint density at radius 3 is 2.93 bits per heavy atom. The number of likely N-dealkylation sites (N-methyl/N-ethyl adjacent to an activating group) is 1. The maximum absolute atomic E-state index is 12.5. The van der Waals surface area contributed by atoms with Gasteiger partial charge in [-0.15, -0.1) is 0 Å². The molecular formula is C20H30N4O3. The number of nitrogens with one attached hydrogen (secondary N) is 1. The summed E-state index contributed by atoms with van der Waals surface area (Å²) in [5.74, 6) is 0.273. The molecule has 1 aromatic rings. The predicted octanol–water partition coefficient (Wildman–Crippen LogP) is 0.927. The topological polar surface area (TPSA) is 65.1 Å². The molecule has 0 saturated carbocycles. The van der Waals surface area contributed by atoms with Crippen LogP contribution in [0.25, 0.3) is 0 Å². The lowest BCUT2D eigenvalue weighted by Gasteiger charge is -2.34. The van der Waals surface area contributed by atoms with Crippen LogP contribution >= 0.6 is 0 Å². The maximum Gasteiger partial charge on any atom is 0.317 e.